The Bertz CT molecular complexity index is 1030. The maximum absolute atomic E-state index is 6.68. The van der Waals surface area contributed by atoms with Crippen LogP contribution in [0.3, 0.4) is 0 Å². The first-order valence-corrected chi connectivity index (χ1v) is 10.9. The van der Waals surface area contributed by atoms with Gasteiger partial charge in [-0.2, -0.15) is 0 Å². The smallest absolute Gasteiger partial charge is 0.281 e. The van der Waals surface area contributed by atoms with Crippen molar-refractivity contribution in [3.05, 3.63) is 48.0 Å². The third kappa shape index (κ3) is 2.80. The summed E-state index contributed by atoms with van der Waals surface area (Å²) in [5, 5.41) is -1.54. The van der Waals surface area contributed by atoms with Gasteiger partial charge in [0.2, 0.25) is 0 Å². The van der Waals surface area contributed by atoms with Gasteiger partial charge in [-0.3, -0.25) is 0 Å². The predicted octanol–water partition coefficient (Wildman–Crippen LogP) is 2.44. The minimum absolute atomic E-state index is 0.0487. The lowest BCUT2D eigenvalue weighted by molar-refractivity contribution is -0.0620. The van der Waals surface area contributed by atoms with Crippen molar-refractivity contribution in [1.82, 2.24) is 9.97 Å². The van der Waals surface area contributed by atoms with E-state index in [1.54, 1.807) is 19.5 Å². The lowest BCUT2D eigenvalue weighted by Gasteiger charge is -2.53. The number of methoxy groups -OCH3 is 1. The lowest BCUT2D eigenvalue weighted by Crippen LogP contribution is -2.60. The Hall–Kier alpha value is -2.34. The summed E-state index contributed by atoms with van der Waals surface area (Å²) in [4.78, 5) is 13.2. The number of rotatable bonds is 3. The van der Waals surface area contributed by atoms with Crippen molar-refractivity contribution in [2.75, 3.05) is 7.11 Å². The van der Waals surface area contributed by atoms with Crippen LogP contribution in [0.15, 0.2) is 41.9 Å². The van der Waals surface area contributed by atoms with Crippen LogP contribution in [0, 0.1) is 11.3 Å². The van der Waals surface area contributed by atoms with Gasteiger partial charge in [0, 0.05) is 30.5 Å². The van der Waals surface area contributed by atoms with E-state index in [1.165, 1.54) is 11.9 Å². The van der Waals surface area contributed by atoms with Crippen molar-refractivity contribution in [3.63, 3.8) is 0 Å². The van der Waals surface area contributed by atoms with Crippen molar-refractivity contribution >= 4 is 21.7 Å². The minimum atomic E-state index is -1.54. The molecule has 0 unspecified atom stereocenters. The zero-order valence-electron chi connectivity index (χ0n) is 18.0. The molecule has 5 rings (SSSR count). The Labute approximate surface area is 185 Å². The van der Waals surface area contributed by atoms with Gasteiger partial charge in [-0.1, -0.05) is 25.5 Å². The lowest BCUT2D eigenvalue weighted by atomic mass is 9.44. The standard InChI is InChI=1S/C23H26B2N4O2/c1-3-14-9-21(7-6-19(14)30-2)10-16-5-4-15(17-11-27-13-28-12-17)8-18(16)22(21)23(24,25)31-20(26)29-22/h4-5,8,11-14,19H,3,6-7,9-10H2,1-2H3,(H2,26,29)/t14-,19-,21-,22-/m0/s1. The van der Waals surface area contributed by atoms with Gasteiger partial charge in [0.1, 0.15) is 27.6 Å². The molecular weight excluding hydrogens is 386 g/mol. The summed E-state index contributed by atoms with van der Waals surface area (Å²) in [6.07, 6.45) is 9.89. The first-order valence-electron chi connectivity index (χ1n) is 10.9. The second-order valence-electron chi connectivity index (χ2n) is 9.20. The monoisotopic (exact) mass is 412 g/mol. The maximum atomic E-state index is 6.68. The second-order valence-corrected chi connectivity index (χ2v) is 9.20. The Balaban J connectivity index is 1.69. The van der Waals surface area contributed by atoms with Crippen molar-refractivity contribution in [1.29, 1.82) is 0 Å². The zero-order valence-corrected chi connectivity index (χ0v) is 18.0. The zero-order chi connectivity index (χ0) is 21.9. The van der Waals surface area contributed by atoms with Gasteiger partial charge in [-0.25, -0.2) is 15.0 Å². The minimum Gasteiger partial charge on any atom is -0.476 e. The molecule has 1 saturated carbocycles. The SMILES string of the molecule is [B]C1([B])OC(N)=N[C@]12c1cc(-c3cncnc3)ccc1C[C@@]21CC[C@H](OC)[C@@H](CC)C1. The van der Waals surface area contributed by atoms with E-state index in [0.717, 1.165) is 48.8 Å². The highest BCUT2D eigenvalue weighted by Crippen LogP contribution is 2.66. The highest BCUT2D eigenvalue weighted by Gasteiger charge is 2.68. The molecule has 2 spiro atoms. The number of nitrogens with zero attached hydrogens (tertiary/aromatic N) is 3. The number of ether oxygens (including phenoxy) is 2. The molecule has 1 aliphatic heterocycles. The van der Waals surface area contributed by atoms with Crippen molar-refractivity contribution < 1.29 is 9.47 Å². The molecule has 8 heteroatoms. The number of amidine groups is 1. The van der Waals surface area contributed by atoms with E-state index < -0.39 is 10.9 Å². The van der Waals surface area contributed by atoms with Gasteiger partial charge >= 0.3 is 0 Å². The molecule has 2 heterocycles. The average Bonchev–Trinajstić information content (AvgIpc) is 3.18. The molecule has 2 aromatic rings. The molecule has 2 aliphatic carbocycles. The normalized spacial score (nSPS) is 33.3. The topological polar surface area (TPSA) is 82.6 Å². The van der Waals surface area contributed by atoms with Crippen LogP contribution in [-0.4, -0.2) is 50.3 Å². The van der Waals surface area contributed by atoms with Crippen molar-refractivity contribution in [2.24, 2.45) is 22.1 Å². The van der Waals surface area contributed by atoms with Gasteiger partial charge in [0.25, 0.3) is 6.02 Å². The molecule has 31 heavy (non-hydrogen) atoms. The molecule has 1 aromatic carbocycles. The van der Waals surface area contributed by atoms with Crippen molar-refractivity contribution in [2.45, 2.75) is 56.1 Å². The number of aliphatic imine (C=N–C) groups is 1. The summed E-state index contributed by atoms with van der Waals surface area (Å²) >= 11 is 0. The molecule has 0 saturated heterocycles. The third-order valence-corrected chi connectivity index (χ3v) is 7.72. The fraction of sp³-hybridized carbons (Fsp3) is 0.522. The van der Waals surface area contributed by atoms with Crippen LogP contribution in [0.4, 0.5) is 0 Å². The first kappa shape index (κ1) is 20.6. The summed E-state index contributed by atoms with van der Waals surface area (Å²) in [6, 6.07) is 6.41. The number of nitrogens with two attached hydrogens (primary N) is 1. The van der Waals surface area contributed by atoms with Crippen LogP contribution < -0.4 is 5.73 Å². The van der Waals surface area contributed by atoms with E-state index in [4.69, 9.17) is 35.9 Å². The number of hydrogen-bond acceptors (Lipinski definition) is 6. The summed E-state index contributed by atoms with van der Waals surface area (Å²) in [7, 11) is 15.1. The molecule has 3 aliphatic rings. The molecule has 1 aromatic heterocycles. The Morgan fingerprint density at radius 2 is 2.00 bits per heavy atom. The number of aromatic nitrogens is 2. The van der Waals surface area contributed by atoms with Gasteiger partial charge in [0.05, 0.1) is 11.5 Å². The molecule has 0 amide bonds. The van der Waals surface area contributed by atoms with E-state index in [-0.39, 0.29) is 17.5 Å². The number of benzene rings is 1. The largest absolute Gasteiger partial charge is 0.476 e. The van der Waals surface area contributed by atoms with Gasteiger partial charge in [0.15, 0.2) is 0 Å². The molecule has 4 radical (unpaired) electrons. The Morgan fingerprint density at radius 1 is 1.23 bits per heavy atom. The highest BCUT2D eigenvalue weighted by molar-refractivity contribution is 6.41. The van der Waals surface area contributed by atoms with Crippen LogP contribution in [0.2, 0.25) is 0 Å². The number of hydrogen-bond donors (Lipinski definition) is 1. The summed E-state index contributed by atoms with van der Waals surface area (Å²) in [5.41, 5.74) is 8.95. The molecule has 2 N–H and O–H groups in total. The molecular formula is C23H26B2N4O2. The van der Waals surface area contributed by atoms with E-state index >= 15 is 0 Å². The molecule has 0 bridgehead atoms. The second kappa shape index (κ2) is 7.09. The van der Waals surface area contributed by atoms with E-state index in [2.05, 4.69) is 35.1 Å². The van der Waals surface area contributed by atoms with Gasteiger partial charge in [-0.15, -0.1) is 0 Å². The third-order valence-electron chi connectivity index (χ3n) is 7.72. The predicted molar refractivity (Wildman–Crippen MR) is 121 cm³/mol. The highest BCUT2D eigenvalue weighted by atomic mass is 16.5. The first-order chi connectivity index (χ1) is 14.9. The van der Waals surface area contributed by atoms with Crippen molar-refractivity contribution in [3.8, 4) is 11.1 Å². The molecule has 4 atom stereocenters. The van der Waals surface area contributed by atoms with Crippen LogP contribution in [-0.2, 0) is 21.4 Å². The van der Waals surface area contributed by atoms with E-state index in [0.29, 0.717) is 5.92 Å². The van der Waals surface area contributed by atoms with Crippen LogP contribution in [0.1, 0.15) is 43.7 Å². The van der Waals surface area contributed by atoms with Crippen LogP contribution in [0.25, 0.3) is 11.1 Å². The van der Waals surface area contributed by atoms with Crippen LogP contribution >= 0.6 is 0 Å². The number of fused-ring (bicyclic) bond motifs is 3. The molecule has 1 fully saturated rings. The van der Waals surface area contributed by atoms with Crippen LogP contribution in [0.5, 0.6) is 0 Å². The Kier molecular flexibility index (Phi) is 4.70. The quantitative estimate of drug-likeness (QED) is 0.784. The average molecular weight is 412 g/mol. The van der Waals surface area contributed by atoms with Gasteiger partial charge < -0.3 is 15.2 Å². The fourth-order valence-electron chi connectivity index (χ4n) is 6.40. The summed E-state index contributed by atoms with van der Waals surface area (Å²) in [5.74, 6) is 0.389. The molecule has 156 valence electrons. The molecule has 6 nitrogen and oxygen atoms in total. The fourth-order valence-corrected chi connectivity index (χ4v) is 6.40. The summed E-state index contributed by atoms with van der Waals surface area (Å²) in [6.45, 7) is 2.21. The van der Waals surface area contributed by atoms with E-state index in [1.807, 2.05) is 0 Å². The Morgan fingerprint density at radius 3 is 2.65 bits per heavy atom. The summed E-state index contributed by atoms with van der Waals surface area (Å²) < 4.78 is 11.6. The maximum Gasteiger partial charge on any atom is 0.281 e. The van der Waals surface area contributed by atoms with E-state index in [9.17, 15) is 0 Å². The van der Waals surface area contributed by atoms with Gasteiger partial charge in [-0.05, 0) is 54.4 Å².